The van der Waals surface area contributed by atoms with Crippen LogP contribution in [-0.2, 0) is 4.74 Å². The van der Waals surface area contributed by atoms with Gasteiger partial charge in [0.1, 0.15) is 0 Å². The van der Waals surface area contributed by atoms with Crippen LogP contribution in [0.5, 0.6) is 0 Å². The molecule has 0 aromatic carbocycles. The highest BCUT2D eigenvalue weighted by Gasteiger charge is 2.16. The molecule has 0 aromatic heterocycles. The Kier molecular flexibility index (Phi) is 9.02. The Labute approximate surface area is 103 Å². The van der Waals surface area contributed by atoms with E-state index >= 15 is 0 Å². The molecule has 0 amide bonds. The molecule has 1 heteroatoms. The van der Waals surface area contributed by atoms with Gasteiger partial charge in [-0.3, -0.25) is 0 Å². The first-order chi connectivity index (χ1) is 7.45. The summed E-state index contributed by atoms with van der Waals surface area (Å²) >= 11 is 0. The summed E-state index contributed by atoms with van der Waals surface area (Å²) in [6, 6.07) is 0. The topological polar surface area (TPSA) is 9.23 Å². The molecule has 98 valence electrons. The van der Waals surface area contributed by atoms with E-state index in [0.29, 0.717) is 6.10 Å². The molecule has 0 saturated heterocycles. The maximum atomic E-state index is 5.95. The highest BCUT2D eigenvalue weighted by atomic mass is 16.5. The van der Waals surface area contributed by atoms with E-state index in [-0.39, 0.29) is 0 Å². The molecule has 0 spiro atoms. The fraction of sp³-hybridized carbons (Fsp3) is 1.00. The predicted molar refractivity (Wildman–Crippen MR) is 72.7 cm³/mol. The molecule has 2 unspecified atom stereocenters. The van der Waals surface area contributed by atoms with Gasteiger partial charge in [-0.05, 0) is 43.4 Å². The summed E-state index contributed by atoms with van der Waals surface area (Å²) in [7, 11) is 0. The van der Waals surface area contributed by atoms with Crippen LogP contribution in [0.2, 0.25) is 0 Å². The molecule has 16 heavy (non-hydrogen) atoms. The second kappa shape index (κ2) is 9.04. The molecule has 0 bridgehead atoms. The molecule has 0 fully saturated rings. The summed E-state index contributed by atoms with van der Waals surface area (Å²) in [6.07, 6.45) is 5.38. The molecule has 0 aromatic rings. The van der Waals surface area contributed by atoms with E-state index in [1.807, 2.05) is 0 Å². The summed E-state index contributed by atoms with van der Waals surface area (Å²) in [5.74, 6) is 2.34. The minimum atomic E-state index is 0.480. The van der Waals surface area contributed by atoms with Crippen molar-refractivity contribution in [3.05, 3.63) is 0 Å². The second-order valence-electron chi connectivity index (χ2n) is 6.09. The van der Waals surface area contributed by atoms with Crippen LogP contribution in [0.25, 0.3) is 0 Å². The van der Waals surface area contributed by atoms with Gasteiger partial charge < -0.3 is 4.74 Å². The van der Waals surface area contributed by atoms with Gasteiger partial charge in [0.15, 0.2) is 0 Å². The van der Waals surface area contributed by atoms with Crippen LogP contribution >= 0.6 is 0 Å². The molecule has 0 heterocycles. The lowest BCUT2D eigenvalue weighted by Gasteiger charge is -2.24. The largest absolute Gasteiger partial charge is 0.378 e. The quantitative estimate of drug-likeness (QED) is 0.545. The Morgan fingerprint density at radius 2 is 1.38 bits per heavy atom. The Morgan fingerprint density at radius 3 is 1.81 bits per heavy atom. The third-order valence-corrected chi connectivity index (χ3v) is 2.83. The van der Waals surface area contributed by atoms with Crippen LogP contribution < -0.4 is 0 Å². The van der Waals surface area contributed by atoms with Crippen molar-refractivity contribution >= 4 is 0 Å². The number of hydrogen-bond acceptors (Lipinski definition) is 1. The van der Waals surface area contributed by atoms with Crippen LogP contribution in [0, 0.1) is 17.8 Å². The molecule has 0 saturated carbocycles. The van der Waals surface area contributed by atoms with Crippen LogP contribution in [-0.4, -0.2) is 12.7 Å². The van der Waals surface area contributed by atoms with Crippen molar-refractivity contribution in [2.24, 2.45) is 17.8 Å². The third-order valence-electron chi connectivity index (χ3n) is 2.83. The third kappa shape index (κ3) is 9.21. The highest BCUT2D eigenvalue weighted by molar-refractivity contribution is 4.66. The predicted octanol–water partition coefficient (Wildman–Crippen LogP) is 4.90. The molecular formula is C15H32O. The van der Waals surface area contributed by atoms with Crippen LogP contribution in [0.3, 0.4) is 0 Å². The molecule has 0 aliphatic heterocycles. The van der Waals surface area contributed by atoms with Crippen molar-refractivity contribution in [1.82, 2.24) is 0 Å². The standard InChI is InChI=1S/C15H32O/c1-7-8-16-15(10-13(4)5)11-14(6)9-12(2)3/h12-15H,7-11H2,1-6H3. The monoisotopic (exact) mass is 228 g/mol. The second-order valence-corrected chi connectivity index (χ2v) is 6.09. The molecule has 0 aliphatic rings. The lowest BCUT2D eigenvalue weighted by molar-refractivity contribution is 0.0228. The van der Waals surface area contributed by atoms with Crippen molar-refractivity contribution in [3.8, 4) is 0 Å². The lowest BCUT2D eigenvalue weighted by atomic mass is 9.91. The van der Waals surface area contributed by atoms with Crippen LogP contribution in [0.15, 0.2) is 0 Å². The van der Waals surface area contributed by atoms with E-state index in [9.17, 15) is 0 Å². The first kappa shape index (κ1) is 16.0. The fourth-order valence-electron chi connectivity index (χ4n) is 2.39. The number of ether oxygens (including phenoxy) is 1. The van der Waals surface area contributed by atoms with E-state index in [0.717, 1.165) is 30.8 Å². The summed E-state index contributed by atoms with van der Waals surface area (Å²) < 4.78 is 5.95. The first-order valence-electron chi connectivity index (χ1n) is 7.07. The van der Waals surface area contributed by atoms with Gasteiger partial charge in [0.25, 0.3) is 0 Å². The SMILES string of the molecule is CCCOC(CC(C)C)CC(C)CC(C)C. The van der Waals surface area contributed by atoms with Gasteiger partial charge >= 0.3 is 0 Å². The van der Waals surface area contributed by atoms with E-state index in [2.05, 4.69) is 41.5 Å². The molecular weight excluding hydrogens is 196 g/mol. The van der Waals surface area contributed by atoms with Crippen molar-refractivity contribution < 1.29 is 4.74 Å². The zero-order valence-corrected chi connectivity index (χ0v) is 12.3. The molecule has 1 nitrogen and oxygen atoms in total. The summed E-state index contributed by atoms with van der Waals surface area (Å²) in [6.45, 7) is 14.7. The Balaban J connectivity index is 3.97. The van der Waals surface area contributed by atoms with E-state index < -0.39 is 0 Å². The van der Waals surface area contributed by atoms with Crippen LogP contribution in [0.4, 0.5) is 0 Å². The van der Waals surface area contributed by atoms with Gasteiger partial charge in [0, 0.05) is 6.61 Å². The number of rotatable bonds is 9. The summed E-state index contributed by atoms with van der Waals surface area (Å²) in [5, 5.41) is 0. The smallest absolute Gasteiger partial charge is 0.0580 e. The van der Waals surface area contributed by atoms with E-state index in [1.165, 1.54) is 19.3 Å². The molecule has 0 aliphatic carbocycles. The summed E-state index contributed by atoms with van der Waals surface area (Å²) in [4.78, 5) is 0. The molecule has 0 radical (unpaired) electrons. The maximum Gasteiger partial charge on any atom is 0.0580 e. The van der Waals surface area contributed by atoms with Gasteiger partial charge in [-0.2, -0.15) is 0 Å². The zero-order chi connectivity index (χ0) is 12.6. The Bertz CT molecular complexity index is 152. The first-order valence-corrected chi connectivity index (χ1v) is 7.07. The average Bonchev–Trinajstić information content (AvgIpc) is 2.11. The van der Waals surface area contributed by atoms with E-state index in [1.54, 1.807) is 0 Å². The lowest BCUT2D eigenvalue weighted by Crippen LogP contribution is -2.20. The van der Waals surface area contributed by atoms with Crippen molar-refractivity contribution in [1.29, 1.82) is 0 Å². The Morgan fingerprint density at radius 1 is 0.812 bits per heavy atom. The van der Waals surface area contributed by atoms with Crippen molar-refractivity contribution in [2.45, 2.75) is 73.3 Å². The van der Waals surface area contributed by atoms with E-state index in [4.69, 9.17) is 4.74 Å². The average molecular weight is 228 g/mol. The Hall–Kier alpha value is -0.0400. The molecule has 0 N–H and O–H groups in total. The van der Waals surface area contributed by atoms with Gasteiger partial charge in [0.05, 0.1) is 6.10 Å². The van der Waals surface area contributed by atoms with Crippen molar-refractivity contribution in [2.75, 3.05) is 6.61 Å². The van der Waals surface area contributed by atoms with Gasteiger partial charge in [-0.1, -0.05) is 41.5 Å². The zero-order valence-electron chi connectivity index (χ0n) is 12.3. The highest BCUT2D eigenvalue weighted by Crippen LogP contribution is 2.21. The minimum absolute atomic E-state index is 0.480. The van der Waals surface area contributed by atoms with Gasteiger partial charge in [0.2, 0.25) is 0 Å². The normalized spacial score (nSPS) is 15.8. The van der Waals surface area contributed by atoms with Gasteiger partial charge in [-0.15, -0.1) is 0 Å². The molecule has 0 rings (SSSR count). The van der Waals surface area contributed by atoms with Crippen molar-refractivity contribution in [3.63, 3.8) is 0 Å². The van der Waals surface area contributed by atoms with Crippen LogP contribution in [0.1, 0.15) is 67.2 Å². The number of hydrogen-bond donors (Lipinski definition) is 0. The van der Waals surface area contributed by atoms with Gasteiger partial charge in [-0.25, -0.2) is 0 Å². The molecule has 2 atom stereocenters. The summed E-state index contributed by atoms with van der Waals surface area (Å²) in [5.41, 5.74) is 0. The maximum absolute atomic E-state index is 5.95. The minimum Gasteiger partial charge on any atom is -0.378 e. The fourth-order valence-corrected chi connectivity index (χ4v) is 2.39.